The lowest BCUT2D eigenvalue weighted by Crippen LogP contribution is -2.18. The lowest BCUT2D eigenvalue weighted by molar-refractivity contribution is -0.114. The first-order valence-electron chi connectivity index (χ1n) is 10.4. The van der Waals surface area contributed by atoms with Gasteiger partial charge < -0.3 is 5.32 Å². The molecule has 0 spiro atoms. The molecular weight excluding hydrogens is 405 g/mol. The van der Waals surface area contributed by atoms with Gasteiger partial charge in [0.15, 0.2) is 5.78 Å². The van der Waals surface area contributed by atoms with Gasteiger partial charge in [0.05, 0.1) is 18.4 Å². The van der Waals surface area contributed by atoms with Crippen molar-refractivity contribution in [3.63, 3.8) is 0 Å². The lowest BCUT2D eigenvalue weighted by Gasteiger charge is -2.14. The highest BCUT2D eigenvalue weighted by atomic mass is 19.1. The number of ketones is 1. The van der Waals surface area contributed by atoms with Crippen molar-refractivity contribution in [1.29, 1.82) is 0 Å². The van der Waals surface area contributed by atoms with E-state index in [2.05, 4.69) is 16.5 Å². The number of allylic oxidation sites excluding steroid dienone is 3. The lowest BCUT2D eigenvalue weighted by atomic mass is 9.91. The Hall–Kier alpha value is -4.06. The normalized spacial score (nSPS) is 15.0. The standard InChI is InChI=1S/C26H20FN3O2/c27-22-7-3-4-17(10-22)15-30-16-23(14-28-30)29-26(32)20-8-9-25(31)24(13-20)21-11-18-5-1-2-6-19(18)12-21/h1-8,10-11,13-14,16H,9,12,15H2,(H,29,32). The van der Waals surface area contributed by atoms with Crippen LogP contribution < -0.4 is 5.32 Å². The molecule has 0 saturated heterocycles. The first-order chi connectivity index (χ1) is 15.5. The second-order valence-corrected chi connectivity index (χ2v) is 7.90. The molecule has 2 aliphatic rings. The van der Waals surface area contributed by atoms with Gasteiger partial charge in [-0.2, -0.15) is 5.10 Å². The molecule has 0 atom stereocenters. The molecule has 1 heterocycles. The molecular formula is C26H20FN3O2. The molecule has 6 heteroatoms. The second-order valence-electron chi connectivity index (χ2n) is 7.90. The molecule has 0 fully saturated rings. The number of anilines is 1. The largest absolute Gasteiger partial charge is 0.319 e. The van der Waals surface area contributed by atoms with E-state index in [1.165, 1.54) is 17.7 Å². The van der Waals surface area contributed by atoms with Crippen molar-refractivity contribution in [2.24, 2.45) is 0 Å². The van der Waals surface area contributed by atoms with Crippen LogP contribution in [0, 0.1) is 5.82 Å². The first-order valence-corrected chi connectivity index (χ1v) is 10.4. The van der Waals surface area contributed by atoms with Crippen LogP contribution in [0.5, 0.6) is 0 Å². The van der Waals surface area contributed by atoms with Crippen LogP contribution in [0.15, 0.2) is 89.8 Å². The second kappa shape index (κ2) is 8.23. The minimum absolute atomic E-state index is 0.0171. The SMILES string of the molecule is O=C1CC=C(C(=O)Nc2cnn(Cc3cccc(F)c3)c2)C=C1C1=Cc2ccccc2C1. The Kier molecular flexibility index (Phi) is 5.11. The summed E-state index contributed by atoms with van der Waals surface area (Å²) in [6, 6.07) is 14.3. The number of hydrogen-bond donors (Lipinski definition) is 1. The molecule has 0 unspecified atom stereocenters. The predicted octanol–water partition coefficient (Wildman–Crippen LogP) is 4.47. The van der Waals surface area contributed by atoms with Crippen LogP contribution in [0.4, 0.5) is 10.1 Å². The van der Waals surface area contributed by atoms with Gasteiger partial charge in [0.2, 0.25) is 0 Å². The zero-order valence-corrected chi connectivity index (χ0v) is 17.2. The van der Waals surface area contributed by atoms with Gasteiger partial charge in [-0.3, -0.25) is 14.3 Å². The van der Waals surface area contributed by atoms with E-state index < -0.39 is 0 Å². The molecule has 1 aromatic heterocycles. The maximum atomic E-state index is 13.4. The number of nitrogens with zero attached hydrogens (tertiary/aromatic N) is 2. The maximum absolute atomic E-state index is 13.4. The van der Waals surface area contributed by atoms with Gasteiger partial charge in [0.1, 0.15) is 5.82 Å². The molecule has 1 N–H and O–H groups in total. The number of amides is 1. The predicted molar refractivity (Wildman–Crippen MR) is 120 cm³/mol. The van der Waals surface area contributed by atoms with Crippen molar-refractivity contribution in [3.05, 3.63) is 112 Å². The highest BCUT2D eigenvalue weighted by Gasteiger charge is 2.24. The van der Waals surface area contributed by atoms with Crippen molar-refractivity contribution in [2.75, 3.05) is 5.32 Å². The monoisotopic (exact) mass is 425 g/mol. The van der Waals surface area contributed by atoms with E-state index >= 15 is 0 Å². The minimum Gasteiger partial charge on any atom is -0.319 e. The number of rotatable bonds is 5. The number of halogens is 1. The van der Waals surface area contributed by atoms with Crippen LogP contribution >= 0.6 is 0 Å². The summed E-state index contributed by atoms with van der Waals surface area (Å²) in [5.74, 6) is -0.579. The Morgan fingerprint density at radius 2 is 2.00 bits per heavy atom. The van der Waals surface area contributed by atoms with Crippen LogP contribution in [0.25, 0.3) is 6.08 Å². The third-order valence-corrected chi connectivity index (χ3v) is 5.61. The van der Waals surface area contributed by atoms with E-state index in [1.807, 2.05) is 30.3 Å². The van der Waals surface area contributed by atoms with Crippen molar-refractivity contribution < 1.29 is 14.0 Å². The van der Waals surface area contributed by atoms with Crippen molar-refractivity contribution in [2.45, 2.75) is 19.4 Å². The summed E-state index contributed by atoms with van der Waals surface area (Å²) < 4.78 is 15.0. The average Bonchev–Trinajstić information content (AvgIpc) is 3.40. The van der Waals surface area contributed by atoms with Crippen LogP contribution in [-0.2, 0) is 22.6 Å². The van der Waals surface area contributed by atoms with E-state index in [0.717, 1.165) is 16.7 Å². The molecule has 32 heavy (non-hydrogen) atoms. The Morgan fingerprint density at radius 1 is 1.12 bits per heavy atom. The van der Waals surface area contributed by atoms with E-state index in [9.17, 15) is 14.0 Å². The zero-order valence-electron chi connectivity index (χ0n) is 17.2. The van der Waals surface area contributed by atoms with Gasteiger partial charge in [-0.1, -0.05) is 48.6 Å². The summed E-state index contributed by atoms with van der Waals surface area (Å²) in [5.41, 5.74) is 5.59. The molecule has 0 radical (unpaired) electrons. The van der Waals surface area contributed by atoms with E-state index in [4.69, 9.17) is 0 Å². The zero-order chi connectivity index (χ0) is 22.1. The Morgan fingerprint density at radius 3 is 2.84 bits per heavy atom. The molecule has 5 nitrogen and oxygen atoms in total. The van der Waals surface area contributed by atoms with Crippen LogP contribution in [0.3, 0.4) is 0 Å². The number of carbonyl (C=O) groups is 2. The molecule has 2 aliphatic carbocycles. The third-order valence-electron chi connectivity index (χ3n) is 5.61. The van der Waals surface area contributed by atoms with E-state index in [1.54, 1.807) is 35.3 Å². The van der Waals surface area contributed by atoms with Gasteiger partial charge in [0, 0.05) is 23.8 Å². The van der Waals surface area contributed by atoms with Crippen LogP contribution in [0.1, 0.15) is 23.1 Å². The number of fused-ring (bicyclic) bond motifs is 1. The van der Waals surface area contributed by atoms with Crippen molar-refractivity contribution in [3.8, 4) is 0 Å². The number of Topliss-reactive ketones (excluding diaryl/α,β-unsaturated/α-hetero) is 1. The highest BCUT2D eigenvalue weighted by Crippen LogP contribution is 2.32. The van der Waals surface area contributed by atoms with E-state index in [0.29, 0.717) is 29.8 Å². The Bertz CT molecular complexity index is 1330. The first kappa shape index (κ1) is 19.9. The fraction of sp³-hybridized carbons (Fsp3) is 0.115. The number of carbonyl (C=O) groups excluding carboxylic acids is 2. The molecule has 3 aromatic rings. The minimum atomic E-state index is -0.301. The molecule has 2 aromatic carbocycles. The van der Waals surface area contributed by atoms with Gasteiger partial charge in [-0.05, 0) is 46.9 Å². The van der Waals surface area contributed by atoms with Gasteiger partial charge in [-0.25, -0.2) is 4.39 Å². The fourth-order valence-electron chi connectivity index (χ4n) is 4.03. The third kappa shape index (κ3) is 4.07. The van der Waals surface area contributed by atoms with Crippen molar-refractivity contribution >= 4 is 23.5 Å². The summed E-state index contributed by atoms with van der Waals surface area (Å²) in [4.78, 5) is 25.4. The summed E-state index contributed by atoms with van der Waals surface area (Å²) in [5, 5.41) is 7.07. The number of nitrogens with one attached hydrogen (secondary N) is 1. The van der Waals surface area contributed by atoms with Crippen LogP contribution in [0.2, 0.25) is 0 Å². The Balaban J connectivity index is 1.29. The topological polar surface area (TPSA) is 64.0 Å². The average molecular weight is 425 g/mol. The van der Waals surface area contributed by atoms with Gasteiger partial charge >= 0.3 is 0 Å². The number of aromatic nitrogens is 2. The Labute approximate surface area is 184 Å². The summed E-state index contributed by atoms with van der Waals surface area (Å²) >= 11 is 0. The fourth-order valence-corrected chi connectivity index (χ4v) is 4.03. The molecule has 0 aliphatic heterocycles. The maximum Gasteiger partial charge on any atom is 0.255 e. The number of benzene rings is 2. The van der Waals surface area contributed by atoms with E-state index in [-0.39, 0.29) is 23.9 Å². The molecule has 0 bridgehead atoms. The molecule has 158 valence electrons. The summed E-state index contributed by atoms with van der Waals surface area (Å²) in [6.07, 6.45) is 9.48. The van der Waals surface area contributed by atoms with Gasteiger partial charge in [-0.15, -0.1) is 0 Å². The summed E-state index contributed by atoms with van der Waals surface area (Å²) in [7, 11) is 0. The number of hydrogen-bond acceptors (Lipinski definition) is 3. The molecule has 1 amide bonds. The molecule has 5 rings (SSSR count). The highest BCUT2D eigenvalue weighted by molar-refractivity contribution is 6.12. The smallest absolute Gasteiger partial charge is 0.255 e. The molecule has 0 saturated carbocycles. The quantitative estimate of drug-likeness (QED) is 0.656. The van der Waals surface area contributed by atoms with Gasteiger partial charge in [0.25, 0.3) is 5.91 Å². The van der Waals surface area contributed by atoms with Crippen LogP contribution in [-0.4, -0.2) is 21.5 Å². The van der Waals surface area contributed by atoms with Crippen molar-refractivity contribution in [1.82, 2.24) is 9.78 Å². The summed E-state index contributed by atoms with van der Waals surface area (Å²) in [6.45, 7) is 0.392.